The molecule has 0 aliphatic carbocycles. The smallest absolute Gasteiger partial charge is 0.249 e. The largest absolute Gasteiger partial charge is 0.394 e. The number of allylic oxidation sites excluding steroid dienone is 2. The van der Waals surface area contributed by atoms with Gasteiger partial charge in [0.1, 0.15) is 36.6 Å². The molecule has 11 nitrogen and oxygen atoms in total. The first-order valence-corrected chi connectivity index (χ1v) is 31.1. The molecule has 1 amide bonds. The fraction of sp³-hybridized carbons (Fsp3) is 0.951. The number of unbranched alkanes of at least 4 members (excludes halogenated alkanes) is 40. The van der Waals surface area contributed by atoms with Crippen molar-refractivity contribution in [3.63, 3.8) is 0 Å². The zero-order chi connectivity index (χ0) is 52.5. The maximum atomic E-state index is 13.2. The van der Waals surface area contributed by atoms with Crippen molar-refractivity contribution in [3.05, 3.63) is 12.2 Å². The van der Waals surface area contributed by atoms with Crippen molar-refractivity contribution >= 4 is 5.91 Å². The Balaban J connectivity index is 2.17. The summed E-state index contributed by atoms with van der Waals surface area (Å²) in [7, 11) is 0. The molecule has 0 aromatic rings. The molecular weight excluding hydrogens is 907 g/mol. The Kier molecular flexibility index (Phi) is 48.4. The third kappa shape index (κ3) is 38.4. The van der Waals surface area contributed by atoms with E-state index in [2.05, 4.69) is 31.3 Å². The molecule has 1 rings (SSSR count). The van der Waals surface area contributed by atoms with Gasteiger partial charge in [0.05, 0.1) is 25.4 Å². The third-order valence-corrected chi connectivity index (χ3v) is 15.3. The molecule has 0 radical (unpaired) electrons. The van der Waals surface area contributed by atoms with Crippen molar-refractivity contribution in [2.45, 2.75) is 358 Å². The molecule has 0 bridgehead atoms. The lowest BCUT2D eigenvalue weighted by Crippen LogP contribution is -2.60. The Labute approximate surface area is 442 Å². The number of aliphatic hydroxyl groups excluding tert-OH is 7. The summed E-state index contributed by atoms with van der Waals surface area (Å²) in [6, 6.07) is -1.16. The van der Waals surface area contributed by atoms with Crippen molar-refractivity contribution in [3.8, 4) is 0 Å². The van der Waals surface area contributed by atoms with E-state index < -0.39 is 74.2 Å². The summed E-state index contributed by atoms with van der Waals surface area (Å²) in [6.45, 7) is 3.48. The Hall–Kier alpha value is -1.15. The number of ether oxygens (including phenoxy) is 2. The van der Waals surface area contributed by atoms with Crippen LogP contribution in [0.15, 0.2) is 12.2 Å². The molecule has 0 aromatic carbocycles. The Bertz CT molecular complexity index is 1180. The third-order valence-electron chi connectivity index (χ3n) is 15.3. The highest BCUT2D eigenvalue weighted by Crippen LogP contribution is 2.24. The number of aliphatic hydroxyl groups is 7. The summed E-state index contributed by atoms with van der Waals surface area (Å²) in [4.78, 5) is 13.2. The first-order valence-electron chi connectivity index (χ1n) is 31.1. The Morgan fingerprint density at radius 2 is 0.806 bits per heavy atom. The van der Waals surface area contributed by atoms with Gasteiger partial charge in [-0.2, -0.15) is 0 Å². The van der Waals surface area contributed by atoms with E-state index in [0.29, 0.717) is 19.3 Å². The fourth-order valence-electron chi connectivity index (χ4n) is 10.3. The van der Waals surface area contributed by atoms with Crippen molar-refractivity contribution in [2.24, 2.45) is 0 Å². The van der Waals surface area contributed by atoms with Crippen LogP contribution in [-0.4, -0.2) is 110 Å². The van der Waals surface area contributed by atoms with Gasteiger partial charge in [-0.15, -0.1) is 0 Å². The lowest BCUT2D eigenvalue weighted by atomic mass is 9.98. The molecular formula is C61H119NO10. The molecule has 0 spiro atoms. The standard InChI is InChI=1S/C61H119NO10/c1-3-5-7-9-11-13-15-17-18-19-20-21-22-23-24-25-26-27-28-29-30-31-32-33-34-35-37-39-41-43-45-47-49-54(65)60(70)62-52(51-71-61-59(69)58(68)57(67)55(50-63)72-61)56(66)53(64)48-46-44-42-40-38-36-16-14-12-10-8-6-4-2/h23-24,52-59,61,63-69H,3-22,25-51H2,1-2H3,(H,62,70)/b24-23-. The van der Waals surface area contributed by atoms with E-state index in [4.69, 9.17) is 9.47 Å². The van der Waals surface area contributed by atoms with Crippen molar-refractivity contribution < 1.29 is 50.0 Å². The summed E-state index contributed by atoms with van der Waals surface area (Å²) < 4.78 is 11.1. The van der Waals surface area contributed by atoms with Gasteiger partial charge >= 0.3 is 0 Å². The minimum atomic E-state index is -1.66. The number of rotatable bonds is 54. The highest BCUT2D eigenvalue weighted by Gasteiger charge is 2.44. The lowest BCUT2D eigenvalue weighted by molar-refractivity contribution is -0.303. The molecule has 428 valence electrons. The van der Waals surface area contributed by atoms with Gasteiger partial charge in [-0.05, 0) is 38.5 Å². The maximum absolute atomic E-state index is 13.2. The summed E-state index contributed by atoms with van der Waals surface area (Å²) in [5.74, 6) is -0.692. The normalized spacial score (nSPS) is 20.0. The average Bonchev–Trinajstić information content (AvgIpc) is 3.38. The Morgan fingerprint density at radius 3 is 1.17 bits per heavy atom. The monoisotopic (exact) mass is 1030 g/mol. The molecule has 11 heteroatoms. The van der Waals surface area contributed by atoms with Gasteiger partial charge in [0.25, 0.3) is 0 Å². The van der Waals surface area contributed by atoms with Gasteiger partial charge < -0.3 is 50.5 Å². The van der Waals surface area contributed by atoms with Gasteiger partial charge in [0.2, 0.25) is 5.91 Å². The molecule has 9 atom stereocenters. The number of carbonyl (C=O) groups is 1. The molecule has 0 saturated carbocycles. The van der Waals surface area contributed by atoms with E-state index in [9.17, 15) is 40.5 Å². The van der Waals surface area contributed by atoms with Crippen LogP contribution in [0.1, 0.15) is 303 Å². The van der Waals surface area contributed by atoms with Gasteiger partial charge in [0, 0.05) is 0 Å². The summed E-state index contributed by atoms with van der Waals surface area (Å²) in [5, 5.41) is 76.1. The van der Waals surface area contributed by atoms with E-state index in [-0.39, 0.29) is 6.42 Å². The van der Waals surface area contributed by atoms with E-state index in [1.807, 2.05) is 0 Å². The van der Waals surface area contributed by atoms with E-state index in [1.165, 1.54) is 225 Å². The maximum Gasteiger partial charge on any atom is 0.249 e. The van der Waals surface area contributed by atoms with E-state index in [1.54, 1.807) is 0 Å². The van der Waals surface area contributed by atoms with Crippen LogP contribution in [0.2, 0.25) is 0 Å². The van der Waals surface area contributed by atoms with Crippen LogP contribution >= 0.6 is 0 Å². The van der Waals surface area contributed by atoms with Crippen LogP contribution < -0.4 is 5.32 Å². The predicted octanol–water partition coefficient (Wildman–Crippen LogP) is 13.5. The molecule has 1 aliphatic heterocycles. The number of hydrogen-bond donors (Lipinski definition) is 8. The van der Waals surface area contributed by atoms with Crippen molar-refractivity contribution in [1.29, 1.82) is 0 Å². The second-order valence-corrected chi connectivity index (χ2v) is 22.1. The first-order chi connectivity index (χ1) is 35.2. The minimum absolute atomic E-state index is 0.265. The molecule has 1 aliphatic rings. The first kappa shape index (κ1) is 68.9. The molecule has 0 aromatic heterocycles. The molecule has 1 fully saturated rings. The highest BCUT2D eigenvalue weighted by atomic mass is 16.7. The lowest BCUT2D eigenvalue weighted by Gasteiger charge is -2.40. The van der Waals surface area contributed by atoms with Crippen LogP contribution in [-0.2, 0) is 14.3 Å². The average molecular weight is 1030 g/mol. The van der Waals surface area contributed by atoms with Gasteiger partial charge in [0.15, 0.2) is 6.29 Å². The summed E-state index contributed by atoms with van der Waals surface area (Å²) in [5.41, 5.74) is 0. The van der Waals surface area contributed by atoms with Crippen LogP contribution in [0.25, 0.3) is 0 Å². The van der Waals surface area contributed by atoms with E-state index >= 15 is 0 Å². The molecule has 9 unspecified atom stereocenters. The highest BCUT2D eigenvalue weighted by molar-refractivity contribution is 5.80. The Morgan fingerprint density at radius 1 is 0.472 bits per heavy atom. The van der Waals surface area contributed by atoms with Gasteiger partial charge in [-0.3, -0.25) is 4.79 Å². The van der Waals surface area contributed by atoms with Crippen molar-refractivity contribution in [1.82, 2.24) is 5.32 Å². The zero-order valence-electron chi connectivity index (χ0n) is 46.9. The zero-order valence-corrected chi connectivity index (χ0v) is 46.9. The summed E-state index contributed by atoms with van der Waals surface area (Å²) in [6.07, 6.45) is 48.6. The molecule has 1 heterocycles. The second-order valence-electron chi connectivity index (χ2n) is 22.1. The van der Waals surface area contributed by atoms with Gasteiger partial charge in [-0.25, -0.2) is 0 Å². The number of hydrogen-bond acceptors (Lipinski definition) is 10. The van der Waals surface area contributed by atoms with Crippen molar-refractivity contribution in [2.75, 3.05) is 13.2 Å². The summed E-state index contributed by atoms with van der Waals surface area (Å²) >= 11 is 0. The number of carbonyl (C=O) groups excluding carboxylic acids is 1. The minimum Gasteiger partial charge on any atom is -0.394 e. The quantitative estimate of drug-likeness (QED) is 0.0215. The van der Waals surface area contributed by atoms with Crippen LogP contribution in [0.4, 0.5) is 0 Å². The molecule has 72 heavy (non-hydrogen) atoms. The van der Waals surface area contributed by atoms with Gasteiger partial charge in [-0.1, -0.05) is 276 Å². The molecule has 8 N–H and O–H groups in total. The fourth-order valence-corrected chi connectivity index (χ4v) is 10.3. The van der Waals surface area contributed by atoms with Crippen LogP contribution in [0, 0.1) is 0 Å². The van der Waals surface area contributed by atoms with Crippen LogP contribution in [0.3, 0.4) is 0 Å². The second kappa shape index (κ2) is 50.7. The van der Waals surface area contributed by atoms with Crippen LogP contribution in [0.5, 0.6) is 0 Å². The number of amides is 1. The SMILES string of the molecule is CCCCCCCCCCCCCC/C=C\CCCCCCCCCCCCCCCCCCC(O)C(=O)NC(COC1OC(CO)C(O)C(O)C1O)C(O)C(O)CCCCCCCCCCCCCCC. The molecule has 1 saturated heterocycles. The van der Waals surface area contributed by atoms with E-state index in [0.717, 1.165) is 38.5 Å². The topological polar surface area (TPSA) is 189 Å². The number of nitrogens with one attached hydrogen (secondary N) is 1. The predicted molar refractivity (Wildman–Crippen MR) is 298 cm³/mol.